The standard InChI is InChI=1S/C22H15FN.C22H16N.C21H15N2.C18H14N.2C6H5NO2.2C5H8O2.4Ir/c1-15-21(23)19-12-5-6-13-20(19)24-22(15)18-11-7-10-17(14-18)16-8-3-2-4-9-16;1-16-21-13-6-5-10-20(21)15-23-22(16)19-12-7-11-18(14-19)17-8-3-2-4-9-17;1-15-13-16-7-2-3-11-20(16)23-21(15)18-9-6-8-17(14-18)19-10-4-5-12-22-19;1-14-7-6-12-19-18(14)17-11-5-10-16(13-17)15-8-3-2-4-9-15;2*8-6(9)5-3-1-2-4-7-5;2*1-4(6)3-5(2)7;;;;/h2-10,12-14H,1H3;2-11,13-15H,1H3;2-8,10-14H,1H3;2-10,12-13H,1H3;2*1-4H,(H,8,9);2*3,6H,1-2H3;;;;/q4*-1;;;;;;;;. The Morgan fingerprint density at radius 1 is 0.320 bits per heavy atom. The van der Waals surface area contributed by atoms with Crippen LogP contribution >= 0.6 is 0 Å². The quantitative estimate of drug-likeness (QED) is 0.0505. The first-order valence-electron chi connectivity index (χ1n) is 38.5. The van der Waals surface area contributed by atoms with Gasteiger partial charge in [-0.25, -0.2) is 23.9 Å². The molecule has 7 aromatic heterocycles. The molecule has 636 valence electrons. The zero-order chi connectivity index (χ0) is 86.0. The predicted molar refractivity (Wildman–Crippen MR) is 482 cm³/mol. The van der Waals surface area contributed by atoms with Crippen molar-refractivity contribution in [3.63, 3.8) is 0 Å². The number of pyridine rings is 7. The molecule has 0 fully saturated rings. The number of nitrogens with zero attached hydrogens (tertiary/aromatic N) is 7. The number of aromatic carboxylic acids is 2. The Labute approximate surface area is 781 Å². The number of carbonyl (C=O) groups excluding carboxylic acids is 2. The van der Waals surface area contributed by atoms with Crippen molar-refractivity contribution in [2.45, 2.75) is 55.4 Å². The Balaban J connectivity index is 0.000000229. The van der Waals surface area contributed by atoms with E-state index in [4.69, 9.17) is 25.4 Å². The molecule has 7 heterocycles. The number of benzene rings is 10. The average molecular weight is 2360 g/mol. The van der Waals surface area contributed by atoms with Crippen LogP contribution in [0.1, 0.15) is 70.9 Å². The van der Waals surface area contributed by atoms with E-state index in [1.807, 2.05) is 158 Å². The second kappa shape index (κ2) is 51.8. The minimum Gasteiger partial charge on any atom is -0.512 e. The molecule has 15 nitrogen and oxygen atoms in total. The number of aromatic nitrogens is 7. The molecular weight excluding hydrogens is 2280 g/mol. The third-order valence-electron chi connectivity index (χ3n) is 18.1. The van der Waals surface area contributed by atoms with Gasteiger partial charge in [0.1, 0.15) is 17.2 Å². The number of allylic oxidation sites excluding steroid dienone is 4. The summed E-state index contributed by atoms with van der Waals surface area (Å²) in [6.45, 7) is 13.8. The minimum absolute atomic E-state index is 0. The van der Waals surface area contributed by atoms with Crippen molar-refractivity contribution in [3.05, 3.63) is 428 Å². The topological polar surface area (TPSA) is 239 Å². The van der Waals surface area contributed by atoms with Crippen LogP contribution in [0.3, 0.4) is 0 Å². The molecule has 125 heavy (non-hydrogen) atoms. The minimum atomic E-state index is -0.990. The fourth-order valence-electron chi connectivity index (χ4n) is 12.5. The number of para-hydroxylation sites is 2. The van der Waals surface area contributed by atoms with Crippen LogP contribution in [0.2, 0.25) is 0 Å². The summed E-state index contributed by atoms with van der Waals surface area (Å²) in [5.74, 6) is -2.32. The van der Waals surface area contributed by atoms with Gasteiger partial charge in [0.05, 0.1) is 28.2 Å². The van der Waals surface area contributed by atoms with Gasteiger partial charge in [-0.05, 0) is 177 Å². The monoisotopic (exact) mass is 2360 g/mol. The second-order valence-corrected chi connectivity index (χ2v) is 27.4. The zero-order valence-corrected chi connectivity index (χ0v) is 78.8. The van der Waals surface area contributed by atoms with Crippen molar-refractivity contribution in [2.75, 3.05) is 0 Å². The van der Waals surface area contributed by atoms with Gasteiger partial charge >= 0.3 is 11.9 Å². The largest absolute Gasteiger partial charge is 0.512 e. The molecule has 0 aliphatic rings. The number of hydrogen-bond acceptors (Lipinski definition) is 13. The number of carboxylic acid groups (broad SMARTS) is 2. The molecule has 0 saturated heterocycles. The molecule has 0 aliphatic heterocycles. The molecular formula is C105H86FIr4N7O8-4. The van der Waals surface area contributed by atoms with Gasteiger partial charge in [0.25, 0.3) is 0 Å². The molecule has 4 N–H and O–H groups in total. The first-order chi connectivity index (χ1) is 58.6. The summed E-state index contributed by atoms with van der Waals surface area (Å²) in [5, 5.41) is 37.5. The predicted octanol–water partition coefficient (Wildman–Crippen LogP) is 24.7. The van der Waals surface area contributed by atoms with Gasteiger partial charge in [-0.1, -0.05) is 198 Å². The molecule has 17 aromatic rings. The van der Waals surface area contributed by atoms with E-state index < -0.39 is 11.9 Å². The van der Waals surface area contributed by atoms with Crippen molar-refractivity contribution in [1.29, 1.82) is 0 Å². The summed E-state index contributed by atoms with van der Waals surface area (Å²) in [7, 11) is 0. The average Bonchev–Trinajstić information content (AvgIpc) is 0.764. The fraction of sp³-hybridized carbons (Fsp3) is 0.0762. The van der Waals surface area contributed by atoms with E-state index in [0.717, 1.165) is 78.2 Å². The number of carbonyl (C=O) groups is 4. The van der Waals surface area contributed by atoms with E-state index in [1.165, 1.54) is 109 Å². The molecule has 0 bridgehead atoms. The molecule has 17 rings (SSSR count). The van der Waals surface area contributed by atoms with Gasteiger partial charge in [-0.15, -0.1) is 136 Å². The maximum absolute atomic E-state index is 14.7. The molecule has 20 heteroatoms. The van der Waals surface area contributed by atoms with Crippen LogP contribution in [0.4, 0.5) is 4.39 Å². The van der Waals surface area contributed by atoms with Gasteiger partial charge in [0, 0.05) is 129 Å². The van der Waals surface area contributed by atoms with Crippen molar-refractivity contribution in [2.24, 2.45) is 0 Å². The summed E-state index contributed by atoms with van der Waals surface area (Å²) in [6, 6.07) is 114. The number of halogens is 1. The van der Waals surface area contributed by atoms with E-state index in [9.17, 15) is 23.6 Å². The smallest absolute Gasteiger partial charge is 0.354 e. The van der Waals surface area contributed by atoms with Gasteiger partial charge < -0.3 is 30.4 Å². The first-order valence-corrected chi connectivity index (χ1v) is 38.5. The van der Waals surface area contributed by atoms with Crippen LogP contribution in [-0.4, -0.2) is 78.8 Å². The number of rotatable bonds is 12. The van der Waals surface area contributed by atoms with Crippen LogP contribution in [0.5, 0.6) is 0 Å². The molecule has 0 unspecified atom stereocenters. The van der Waals surface area contributed by atoms with Gasteiger partial charge in [-0.2, -0.15) is 0 Å². The molecule has 0 atom stereocenters. The third kappa shape index (κ3) is 30.4. The maximum Gasteiger partial charge on any atom is 0.354 e. The number of aliphatic hydroxyl groups is 2. The number of hydrogen-bond donors (Lipinski definition) is 4. The maximum atomic E-state index is 14.7. The Morgan fingerprint density at radius 3 is 1.14 bits per heavy atom. The van der Waals surface area contributed by atoms with Gasteiger partial charge in [0.15, 0.2) is 11.6 Å². The summed E-state index contributed by atoms with van der Waals surface area (Å²) >= 11 is 0. The zero-order valence-electron chi connectivity index (χ0n) is 69.2. The second-order valence-electron chi connectivity index (χ2n) is 27.4. The van der Waals surface area contributed by atoms with E-state index in [-0.39, 0.29) is 121 Å². The SMILES string of the molecule is CC(=O)C=C(C)O.CC(=O)C=C(C)O.Cc1c(-c2[c-]ccc(-c3ccccc3)c2)nc2ccccc2c1F.Cc1c(-c2[c-]ccc(-c3ccccc3)c2)ncc2ccccc12.Cc1cc2ccccc2nc1-c1[c-]ccc(-c2ccccn2)c1.Cc1cccnc1-c1[c-]ccc(-c2ccccc2)c1.O=C(O)c1ccccn1.O=C(O)c1ccccn1.[Ir].[Ir].[Ir].[Ir]. The van der Waals surface area contributed by atoms with Crippen LogP contribution in [0.15, 0.2) is 364 Å². The molecule has 0 amide bonds. The number of aliphatic hydroxyl groups excluding tert-OH is 2. The van der Waals surface area contributed by atoms with Crippen LogP contribution in [-0.2, 0) is 90.0 Å². The summed E-state index contributed by atoms with van der Waals surface area (Å²) in [5.41, 5.74) is 22.4. The Bertz CT molecular complexity index is 6250. The van der Waals surface area contributed by atoms with Crippen LogP contribution in [0, 0.1) is 57.8 Å². The number of carboxylic acids is 2. The first kappa shape index (κ1) is 101. The summed E-state index contributed by atoms with van der Waals surface area (Å²) in [6.07, 6.45) is 10.8. The molecule has 0 spiro atoms. The molecule has 4 radical (unpaired) electrons. The van der Waals surface area contributed by atoms with Gasteiger partial charge in [0.2, 0.25) is 0 Å². The van der Waals surface area contributed by atoms with E-state index in [1.54, 1.807) is 37.3 Å². The molecule has 0 saturated carbocycles. The Kier molecular flexibility index (Phi) is 41.7. The number of ketones is 2. The summed E-state index contributed by atoms with van der Waals surface area (Å²) in [4.78, 5) is 70.5. The fourth-order valence-corrected chi connectivity index (χ4v) is 12.5. The normalized spacial score (nSPS) is 10.2. The Morgan fingerprint density at radius 2 is 0.704 bits per heavy atom. The van der Waals surface area contributed by atoms with Crippen molar-refractivity contribution in [1.82, 2.24) is 34.9 Å². The Hall–Kier alpha value is -13.1. The summed E-state index contributed by atoms with van der Waals surface area (Å²) < 4.78 is 14.7. The molecule has 10 aromatic carbocycles. The number of fused-ring (bicyclic) bond motifs is 3. The van der Waals surface area contributed by atoms with E-state index >= 15 is 0 Å². The molecule has 0 aliphatic carbocycles. The third-order valence-corrected chi connectivity index (χ3v) is 18.1. The van der Waals surface area contributed by atoms with E-state index in [0.29, 0.717) is 22.2 Å². The van der Waals surface area contributed by atoms with Gasteiger partial charge in [-0.3, -0.25) is 24.5 Å². The number of aryl methyl sites for hydroxylation is 3. The van der Waals surface area contributed by atoms with Crippen molar-refractivity contribution < 1.29 is 124 Å². The van der Waals surface area contributed by atoms with Crippen LogP contribution in [0.25, 0.3) is 122 Å². The van der Waals surface area contributed by atoms with Crippen molar-refractivity contribution in [3.8, 4) is 89.7 Å². The van der Waals surface area contributed by atoms with Crippen LogP contribution < -0.4 is 0 Å². The van der Waals surface area contributed by atoms with E-state index in [2.05, 4.69) is 202 Å². The van der Waals surface area contributed by atoms with Crippen molar-refractivity contribution >= 4 is 56.1 Å².